The smallest absolute Gasteiger partial charge is 0.260 e. The molecule has 2 aliphatic heterocycles. The highest BCUT2D eigenvalue weighted by Gasteiger charge is 2.32. The number of carbonyl (C=O) groups excluding carboxylic acids is 3. The highest BCUT2D eigenvalue weighted by atomic mass is 16.5. The number of hydrogen-bond acceptors (Lipinski definition) is 11. The minimum atomic E-state index is -0.480. The van der Waals surface area contributed by atoms with E-state index in [0.717, 1.165) is 80.7 Å². The van der Waals surface area contributed by atoms with Gasteiger partial charge in [-0.05, 0) is 75.3 Å². The Hall–Kier alpha value is -5.83. The van der Waals surface area contributed by atoms with E-state index in [4.69, 9.17) is 20.6 Å². The SMILES string of the molecule is COc1cc(N)c(C=NC2CCC(CN3CCN(c4cccc5c4c(C)nn5C4CCC(=O)NC4=O)CC3)CC2)cc1C(=O)Nc1cnc2cccnn12. The molecule has 1 atom stereocenters. The van der Waals surface area contributed by atoms with Gasteiger partial charge >= 0.3 is 0 Å². The molecule has 5 heterocycles. The number of aryl methyl sites for hydroxylation is 1. The molecule has 280 valence electrons. The van der Waals surface area contributed by atoms with Crippen LogP contribution in [0.4, 0.5) is 17.2 Å². The Kier molecular flexibility index (Phi) is 9.71. The summed E-state index contributed by atoms with van der Waals surface area (Å²) < 4.78 is 8.87. The number of anilines is 3. The van der Waals surface area contributed by atoms with E-state index in [2.05, 4.69) is 36.6 Å². The average Bonchev–Trinajstić information content (AvgIpc) is 3.75. The Labute approximate surface area is 312 Å². The summed E-state index contributed by atoms with van der Waals surface area (Å²) in [4.78, 5) is 52.0. The number of ether oxygens (including phenoxy) is 1. The van der Waals surface area contributed by atoms with Gasteiger partial charge in [0.05, 0.1) is 30.1 Å². The summed E-state index contributed by atoms with van der Waals surface area (Å²) in [5, 5.41) is 15.5. The summed E-state index contributed by atoms with van der Waals surface area (Å²) in [5.41, 5.74) is 11.5. The van der Waals surface area contributed by atoms with Crippen molar-refractivity contribution in [2.45, 2.75) is 57.5 Å². The number of fused-ring (bicyclic) bond motifs is 2. The lowest BCUT2D eigenvalue weighted by atomic mass is 9.86. The van der Waals surface area contributed by atoms with Crippen molar-refractivity contribution in [3.05, 3.63) is 71.7 Å². The number of imide groups is 1. The number of piperidine rings is 1. The van der Waals surface area contributed by atoms with Crippen LogP contribution < -0.4 is 26.0 Å². The second kappa shape index (κ2) is 14.9. The van der Waals surface area contributed by atoms with Gasteiger partial charge in [0.1, 0.15) is 11.8 Å². The Morgan fingerprint density at radius 2 is 1.89 bits per heavy atom. The number of rotatable bonds is 9. The average molecular weight is 732 g/mol. The van der Waals surface area contributed by atoms with E-state index in [1.165, 1.54) is 7.11 Å². The Bertz CT molecular complexity index is 2250. The van der Waals surface area contributed by atoms with Crippen molar-refractivity contribution in [2.75, 3.05) is 55.8 Å². The summed E-state index contributed by atoms with van der Waals surface area (Å²) in [7, 11) is 1.51. The van der Waals surface area contributed by atoms with Crippen molar-refractivity contribution < 1.29 is 19.1 Å². The molecule has 3 fully saturated rings. The van der Waals surface area contributed by atoms with Crippen LogP contribution in [-0.2, 0) is 9.59 Å². The molecule has 5 aromatic rings. The maximum atomic E-state index is 13.4. The van der Waals surface area contributed by atoms with Crippen LogP contribution in [0.15, 0.2) is 59.9 Å². The predicted octanol–water partition coefficient (Wildman–Crippen LogP) is 4.01. The zero-order valence-corrected chi connectivity index (χ0v) is 30.6. The lowest BCUT2D eigenvalue weighted by Crippen LogP contribution is -2.48. The van der Waals surface area contributed by atoms with Crippen LogP contribution >= 0.6 is 0 Å². The molecule has 8 rings (SSSR count). The summed E-state index contributed by atoms with van der Waals surface area (Å²) in [6, 6.07) is 12.9. The van der Waals surface area contributed by atoms with E-state index >= 15 is 0 Å². The van der Waals surface area contributed by atoms with Gasteiger partial charge in [0.15, 0.2) is 11.5 Å². The molecular formula is C39H45N11O4. The van der Waals surface area contributed by atoms with Gasteiger partial charge in [-0.15, -0.1) is 0 Å². The zero-order valence-electron chi connectivity index (χ0n) is 30.6. The van der Waals surface area contributed by atoms with Crippen molar-refractivity contribution in [3.63, 3.8) is 0 Å². The van der Waals surface area contributed by atoms with Gasteiger partial charge in [-0.1, -0.05) is 6.07 Å². The number of hydrogen-bond donors (Lipinski definition) is 3. The molecule has 4 N–H and O–H groups in total. The van der Waals surface area contributed by atoms with E-state index < -0.39 is 6.04 Å². The molecule has 3 aromatic heterocycles. The van der Waals surface area contributed by atoms with Crippen LogP contribution in [-0.4, -0.2) is 99.1 Å². The third-order valence-electron chi connectivity index (χ3n) is 11.0. The molecule has 2 saturated heterocycles. The van der Waals surface area contributed by atoms with E-state index in [-0.39, 0.29) is 23.8 Å². The molecule has 54 heavy (non-hydrogen) atoms. The first kappa shape index (κ1) is 35.2. The van der Waals surface area contributed by atoms with Gasteiger partial charge in [-0.25, -0.2) is 4.98 Å². The number of nitrogens with one attached hydrogen (secondary N) is 2. The second-order valence-corrected chi connectivity index (χ2v) is 14.5. The van der Waals surface area contributed by atoms with Crippen LogP contribution in [0.1, 0.15) is 66.2 Å². The number of nitrogens with zero attached hydrogens (tertiary/aromatic N) is 8. The summed E-state index contributed by atoms with van der Waals surface area (Å²) in [6.07, 6.45) is 10.00. The highest BCUT2D eigenvalue weighted by Crippen LogP contribution is 2.34. The maximum Gasteiger partial charge on any atom is 0.260 e. The fourth-order valence-corrected chi connectivity index (χ4v) is 8.14. The number of amides is 3. The number of carbonyl (C=O) groups is 3. The van der Waals surface area contributed by atoms with Gasteiger partial charge < -0.3 is 20.7 Å². The Morgan fingerprint density at radius 3 is 2.67 bits per heavy atom. The van der Waals surface area contributed by atoms with Crippen molar-refractivity contribution in [3.8, 4) is 5.75 Å². The fraction of sp³-hybridized carbons (Fsp3) is 0.410. The number of methoxy groups -OCH3 is 1. The van der Waals surface area contributed by atoms with E-state index in [1.807, 2.05) is 25.1 Å². The zero-order chi connectivity index (χ0) is 37.3. The Balaban J connectivity index is 0.851. The normalized spacial score (nSPS) is 21.2. The minimum Gasteiger partial charge on any atom is -0.496 e. The van der Waals surface area contributed by atoms with E-state index in [9.17, 15) is 14.4 Å². The largest absolute Gasteiger partial charge is 0.496 e. The molecule has 3 aliphatic rings. The first-order valence-electron chi connectivity index (χ1n) is 18.7. The van der Waals surface area contributed by atoms with Crippen molar-refractivity contribution in [1.29, 1.82) is 0 Å². The van der Waals surface area contributed by atoms with E-state index in [1.54, 1.807) is 46.0 Å². The van der Waals surface area contributed by atoms with Gasteiger partial charge in [-0.3, -0.25) is 34.3 Å². The number of aromatic nitrogens is 5. The fourth-order valence-electron chi connectivity index (χ4n) is 8.14. The van der Waals surface area contributed by atoms with Crippen LogP contribution in [0.3, 0.4) is 0 Å². The summed E-state index contributed by atoms with van der Waals surface area (Å²) >= 11 is 0. The number of benzene rings is 2. The second-order valence-electron chi connectivity index (χ2n) is 14.5. The molecule has 1 aliphatic carbocycles. The first-order chi connectivity index (χ1) is 26.2. The minimum absolute atomic E-state index is 0.200. The lowest BCUT2D eigenvalue weighted by Gasteiger charge is -2.39. The number of piperazine rings is 1. The van der Waals surface area contributed by atoms with E-state index in [0.29, 0.717) is 52.8 Å². The number of aliphatic imine (C=N–C) groups is 1. The van der Waals surface area contributed by atoms with Crippen molar-refractivity contribution in [2.24, 2.45) is 10.9 Å². The number of nitrogens with two attached hydrogens (primary N) is 1. The van der Waals surface area contributed by atoms with Gasteiger partial charge in [0.2, 0.25) is 5.91 Å². The molecule has 2 aromatic carbocycles. The van der Waals surface area contributed by atoms with Crippen LogP contribution in [0.2, 0.25) is 0 Å². The third-order valence-corrected chi connectivity index (χ3v) is 11.0. The molecule has 0 radical (unpaired) electrons. The highest BCUT2D eigenvalue weighted by molar-refractivity contribution is 6.08. The molecule has 0 spiro atoms. The van der Waals surface area contributed by atoms with Crippen LogP contribution in [0.5, 0.6) is 5.75 Å². The lowest BCUT2D eigenvalue weighted by molar-refractivity contribution is -0.135. The standard InChI is InChI=1S/C39H45N11O4/c1-24-37-30(5-3-6-31(37)49(46-24)32-12-13-36(51)45-39(32)53)48-17-15-47(16-18-48)23-25-8-10-27(11-9-25)41-21-26-19-28(33(54-2)20-29(26)40)38(52)44-35-22-42-34-7-4-14-43-50(34)35/h3-7,14,19-22,25,27,32H,8-13,15-18,23,40H2,1-2H3,(H,44,52)(H,45,51,53). The molecule has 1 unspecified atom stereocenters. The van der Waals surface area contributed by atoms with Gasteiger partial charge in [0.25, 0.3) is 11.8 Å². The van der Waals surface area contributed by atoms with Gasteiger partial charge in [0, 0.05) is 86.0 Å². The number of imidazole rings is 1. The molecular weight excluding hydrogens is 687 g/mol. The quantitative estimate of drug-likeness (QED) is 0.114. The molecule has 3 amide bonds. The monoisotopic (exact) mass is 731 g/mol. The van der Waals surface area contributed by atoms with Crippen LogP contribution in [0, 0.1) is 12.8 Å². The topological polar surface area (TPSA) is 177 Å². The summed E-state index contributed by atoms with van der Waals surface area (Å²) in [6.45, 7) is 6.87. The van der Waals surface area contributed by atoms with Crippen LogP contribution in [0.25, 0.3) is 16.6 Å². The molecule has 1 saturated carbocycles. The van der Waals surface area contributed by atoms with Gasteiger partial charge in [-0.2, -0.15) is 14.7 Å². The maximum absolute atomic E-state index is 13.4. The first-order valence-corrected chi connectivity index (χ1v) is 18.7. The van der Waals surface area contributed by atoms with Crippen molar-refractivity contribution in [1.82, 2.24) is 34.6 Å². The Morgan fingerprint density at radius 1 is 1.07 bits per heavy atom. The predicted molar refractivity (Wildman–Crippen MR) is 206 cm³/mol. The summed E-state index contributed by atoms with van der Waals surface area (Å²) in [5.74, 6) is 0.579. The third kappa shape index (κ3) is 6.98. The molecule has 15 nitrogen and oxygen atoms in total. The van der Waals surface area contributed by atoms with Crippen molar-refractivity contribution >= 4 is 57.7 Å². The molecule has 15 heteroatoms. The number of nitrogen functional groups attached to an aromatic ring is 1. The molecule has 0 bridgehead atoms.